The molecule has 0 amide bonds. The summed E-state index contributed by atoms with van der Waals surface area (Å²) in [4.78, 5) is 0. The highest BCUT2D eigenvalue weighted by Gasteiger charge is 2.36. The topological polar surface area (TPSA) is 12.0 Å². The van der Waals surface area contributed by atoms with E-state index < -0.39 is 0 Å². The van der Waals surface area contributed by atoms with Gasteiger partial charge in [-0.3, -0.25) is 0 Å². The van der Waals surface area contributed by atoms with Crippen LogP contribution in [0, 0.1) is 11.8 Å². The quantitative estimate of drug-likeness (QED) is 0.492. The van der Waals surface area contributed by atoms with Gasteiger partial charge in [-0.2, -0.15) is 0 Å². The molecule has 3 unspecified atom stereocenters. The van der Waals surface area contributed by atoms with Crippen LogP contribution in [0.5, 0.6) is 0 Å². The molecule has 1 N–H and O–H groups in total. The van der Waals surface area contributed by atoms with E-state index in [1.54, 1.807) is 0 Å². The van der Waals surface area contributed by atoms with E-state index in [1.807, 2.05) is 0 Å². The Morgan fingerprint density at radius 3 is 2.50 bits per heavy atom. The second-order valence-corrected chi connectivity index (χ2v) is 3.33. The van der Waals surface area contributed by atoms with Crippen molar-refractivity contribution in [2.45, 2.75) is 25.8 Å². The maximum absolute atomic E-state index is 3.51. The SMILES string of the molecule is CC1CC2CNC1C2. The van der Waals surface area contributed by atoms with E-state index in [-0.39, 0.29) is 0 Å². The van der Waals surface area contributed by atoms with Gasteiger partial charge in [0.2, 0.25) is 0 Å². The van der Waals surface area contributed by atoms with Crippen molar-refractivity contribution >= 4 is 0 Å². The maximum Gasteiger partial charge on any atom is 0.00960 e. The maximum atomic E-state index is 3.51. The Balaban J connectivity index is 2.11. The van der Waals surface area contributed by atoms with Gasteiger partial charge in [0.15, 0.2) is 0 Å². The van der Waals surface area contributed by atoms with E-state index in [4.69, 9.17) is 0 Å². The van der Waals surface area contributed by atoms with Crippen LogP contribution in [0.25, 0.3) is 0 Å². The normalized spacial score (nSPS) is 52.9. The Hall–Kier alpha value is -0.0400. The molecule has 0 aromatic carbocycles. The molecule has 2 bridgehead atoms. The lowest BCUT2D eigenvalue weighted by Gasteiger charge is -2.17. The molecule has 8 heavy (non-hydrogen) atoms. The molecule has 1 nitrogen and oxygen atoms in total. The Morgan fingerprint density at radius 2 is 2.25 bits per heavy atom. The van der Waals surface area contributed by atoms with Gasteiger partial charge >= 0.3 is 0 Å². The number of hydrogen-bond acceptors (Lipinski definition) is 1. The molecule has 1 saturated heterocycles. The lowest BCUT2D eigenvalue weighted by atomic mass is 10.0. The van der Waals surface area contributed by atoms with E-state index in [9.17, 15) is 0 Å². The number of hydrogen-bond donors (Lipinski definition) is 1. The first-order chi connectivity index (χ1) is 3.86. The molecule has 0 radical (unpaired) electrons. The second-order valence-electron chi connectivity index (χ2n) is 3.33. The molecule has 1 aliphatic carbocycles. The molecule has 1 aliphatic heterocycles. The van der Waals surface area contributed by atoms with Crippen molar-refractivity contribution in [2.75, 3.05) is 6.54 Å². The van der Waals surface area contributed by atoms with Gasteiger partial charge in [-0.1, -0.05) is 6.92 Å². The Labute approximate surface area is 50.5 Å². The summed E-state index contributed by atoms with van der Waals surface area (Å²) >= 11 is 0. The molecule has 46 valence electrons. The lowest BCUT2D eigenvalue weighted by Crippen LogP contribution is -2.30. The first-order valence-electron chi connectivity index (χ1n) is 3.59. The van der Waals surface area contributed by atoms with Crippen molar-refractivity contribution in [2.24, 2.45) is 11.8 Å². The van der Waals surface area contributed by atoms with Crippen LogP contribution >= 0.6 is 0 Å². The summed E-state index contributed by atoms with van der Waals surface area (Å²) < 4.78 is 0. The van der Waals surface area contributed by atoms with Gasteiger partial charge in [0.1, 0.15) is 0 Å². The fourth-order valence-corrected chi connectivity index (χ4v) is 2.15. The summed E-state index contributed by atoms with van der Waals surface area (Å²) in [5.41, 5.74) is 0. The number of rotatable bonds is 0. The van der Waals surface area contributed by atoms with Crippen molar-refractivity contribution in [1.29, 1.82) is 0 Å². The van der Waals surface area contributed by atoms with E-state index in [0.717, 1.165) is 17.9 Å². The van der Waals surface area contributed by atoms with E-state index in [0.29, 0.717) is 0 Å². The molecular weight excluding hydrogens is 98.1 g/mol. The minimum Gasteiger partial charge on any atom is -0.313 e. The highest BCUT2D eigenvalue weighted by molar-refractivity contribution is 4.93. The van der Waals surface area contributed by atoms with Gasteiger partial charge in [0, 0.05) is 6.04 Å². The first kappa shape index (κ1) is 4.80. The van der Waals surface area contributed by atoms with Gasteiger partial charge in [0.25, 0.3) is 0 Å². The first-order valence-corrected chi connectivity index (χ1v) is 3.59. The molecule has 2 fully saturated rings. The molecule has 0 aromatic rings. The Morgan fingerprint density at radius 1 is 1.38 bits per heavy atom. The zero-order valence-electron chi connectivity index (χ0n) is 5.35. The van der Waals surface area contributed by atoms with Crippen LogP contribution in [-0.2, 0) is 0 Å². The van der Waals surface area contributed by atoms with Crippen LogP contribution in [0.4, 0.5) is 0 Å². The van der Waals surface area contributed by atoms with Crippen LogP contribution in [-0.4, -0.2) is 12.6 Å². The van der Waals surface area contributed by atoms with E-state index in [2.05, 4.69) is 12.2 Å². The van der Waals surface area contributed by atoms with Crippen LogP contribution in [0.3, 0.4) is 0 Å². The third kappa shape index (κ3) is 0.510. The number of nitrogens with one attached hydrogen (secondary N) is 1. The monoisotopic (exact) mass is 111 g/mol. The summed E-state index contributed by atoms with van der Waals surface area (Å²) in [6, 6.07) is 0.889. The fourth-order valence-electron chi connectivity index (χ4n) is 2.15. The van der Waals surface area contributed by atoms with Crippen LogP contribution < -0.4 is 5.32 Å². The minimum absolute atomic E-state index is 0.889. The summed E-state index contributed by atoms with van der Waals surface area (Å²) in [6.45, 7) is 3.66. The van der Waals surface area contributed by atoms with Gasteiger partial charge in [-0.25, -0.2) is 0 Å². The van der Waals surface area contributed by atoms with Crippen molar-refractivity contribution < 1.29 is 0 Å². The number of fused-ring (bicyclic) bond motifs is 2. The highest BCUT2D eigenvalue weighted by atomic mass is 15.0. The fraction of sp³-hybridized carbons (Fsp3) is 1.00. The van der Waals surface area contributed by atoms with Gasteiger partial charge < -0.3 is 5.32 Å². The highest BCUT2D eigenvalue weighted by Crippen LogP contribution is 2.35. The molecule has 1 saturated carbocycles. The Bertz CT molecular complexity index is 98.6. The van der Waals surface area contributed by atoms with Crippen LogP contribution in [0.2, 0.25) is 0 Å². The van der Waals surface area contributed by atoms with E-state index >= 15 is 0 Å². The zero-order chi connectivity index (χ0) is 5.56. The standard InChI is InChI=1S/C7H13N/c1-5-2-6-3-7(5)8-4-6/h5-8H,2-4H2,1H3. The van der Waals surface area contributed by atoms with Gasteiger partial charge in [-0.15, -0.1) is 0 Å². The van der Waals surface area contributed by atoms with Gasteiger partial charge in [0.05, 0.1) is 0 Å². The van der Waals surface area contributed by atoms with Gasteiger partial charge in [-0.05, 0) is 31.2 Å². The van der Waals surface area contributed by atoms with Crippen molar-refractivity contribution in [1.82, 2.24) is 5.32 Å². The smallest absolute Gasteiger partial charge is 0.00960 e. The summed E-state index contributed by atoms with van der Waals surface area (Å²) in [5, 5.41) is 3.51. The van der Waals surface area contributed by atoms with E-state index in [1.165, 1.54) is 19.4 Å². The molecular formula is C7H13N. The zero-order valence-corrected chi connectivity index (χ0v) is 5.35. The van der Waals surface area contributed by atoms with Crippen LogP contribution in [0.1, 0.15) is 19.8 Å². The van der Waals surface area contributed by atoms with Crippen molar-refractivity contribution in [3.63, 3.8) is 0 Å². The molecule has 1 heterocycles. The third-order valence-corrected chi connectivity index (χ3v) is 2.65. The molecule has 2 rings (SSSR count). The molecule has 3 atom stereocenters. The number of piperidine rings is 1. The lowest BCUT2D eigenvalue weighted by molar-refractivity contribution is 0.392. The molecule has 1 heteroatoms. The predicted molar refractivity (Wildman–Crippen MR) is 33.7 cm³/mol. The minimum atomic E-state index is 0.889. The molecule has 0 spiro atoms. The van der Waals surface area contributed by atoms with Crippen LogP contribution in [0.15, 0.2) is 0 Å². The van der Waals surface area contributed by atoms with Crippen molar-refractivity contribution in [3.8, 4) is 0 Å². The second kappa shape index (κ2) is 1.47. The predicted octanol–water partition coefficient (Wildman–Crippen LogP) is 1.00. The summed E-state index contributed by atoms with van der Waals surface area (Å²) in [7, 11) is 0. The summed E-state index contributed by atoms with van der Waals surface area (Å²) in [6.07, 6.45) is 2.94. The molecule has 0 aromatic heterocycles. The van der Waals surface area contributed by atoms with Crippen molar-refractivity contribution in [3.05, 3.63) is 0 Å². The third-order valence-electron chi connectivity index (χ3n) is 2.65. The molecule has 2 aliphatic rings. The largest absolute Gasteiger partial charge is 0.313 e. The average Bonchev–Trinajstić information content (AvgIpc) is 2.23. The average molecular weight is 111 g/mol. The Kier molecular flexibility index (Phi) is 0.884. The summed E-state index contributed by atoms with van der Waals surface area (Å²) in [5.74, 6) is 2.00.